The molecule has 0 saturated heterocycles. The van der Waals surface area contributed by atoms with Gasteiger partial charge in [0.1, 0.15) is 5.82 Å². The highest BCUT2D eigenvalue weighted by atomic mass is 19.2. The summed E-state index contributed by atoms with van der Waals surface area (Å²) in [5.74, 6) is -1.06. The van der Waals surface area contributed by atoms with Crippen molar-refractivity contribution in [2.75, 3.05) is 6.61 Å². The van der Waals surface area contributed by atoms with Crippen LogP contribution in [0.3, 0.4) is 0 Å². The lowest BCUT2D eigenvalue weighted by atomic mass is 9.88. The van der Waals surface area contributed by atoms with Crippen molar-refractivity contribution in [1.29, 1.82) is 0 Å². The number of aliphatic hydroxyl groups excluding tert-OH is 2. The van der Waals surface area contributed by atoms with Crippen LogP contribution in [0.4, 0.5) is 8.78 Å². The van der Waals surface area contributed by atoms with Crippen LogP contribution in [-0.2, 0) is 13.0 Å². The maximum absolute atomic E-state index is 13.4. The van der Waals surface area contributed by atoms with Crippen LogP contribution in [0.15, 0.2) is 30.5 Å². The largest absolute Gasteiger partial charge is 0.396 e. The smallest absolute Gasteiger partial charge is 0.159 e. The molecule has 0 amide bonds. The van der Waals surface area contributed by atoms with Crippen molar-refractivity contribution in [3.05, 3.63) is 59.2 Å². The fraction of sp³-hybridized carbons (Fsp3) is 0.524. The predicted octanol–water partition coefficient (Wildman–Crippen LogP) is 2.57. The first-order valence-electron chi connectivity index (χ1n) is 9.67. The third kappa shape index (κ3) is 4.71. The third-order valence-corrected chi connectivity index (χ3v) is 5.51. The first-order valence-corrected chi connectivity index (χ1v) is 9.67. The number of nitrogens with one attached hydrogen (secondary N) is 1. The summed E-state index contributed by atoms with van der Waals surface area (Å²) in [7, 11) is 0. The van der Waals surface area contributed by atoms with Gasteiger partial charge in [-0.25, -0.2) is 18.7 Å². The Hall–Kier alpha value is -1.96. The third-order valence-electron chi connectivity index (χ3n) is 5.51. The minimum Gasteiger partial charge on any atom is -0.396 e. The normalized spacial score (nSPS) is 24.8. The zero-order valence-electron chi connectivity index (χ0n) is 16.1. The molecule has 2 aromatic rings. The Bertz CT molecular complexity index is 803. The van der Waals surface area contributed by atoms with Gasteiger partial charge in [0.2, 0.25) is 0 Å². The molecule has 1 fully saturated rings. The maximum Gasteiger partial charge on any atom is 0.159 e. The van der Waals surface area contributed by atoms with E-state index in [1.807, 2.05) is 19.9 Å². The molecular formula is C21H27F2N3O2. The molecule has 1 aliphatic carbocycles. The van der Waals surface area contributed by atoms with E-state index in [1.165, 1.54) is 12.1 Å². The molecule has 28 heavy (non-hydrogen) atoms. The van der Waals surface area contributed by atoms with E-state index in [0.717, 1.165) is 17.6 Å². The van der Waals surface area contributed by atoms with E-state index in [0.29, 0.717) is 24.9 Å². The highest BCUT2D eigenvalue weighted by molar-refractivity contribution is 5.18. The number of aliphatic hydroxyl groups is 2. The molecule has 0 unspecified atom stereocenters. The quantitative estimate of drug-likeness (QED) is 0.676. The second-order valence-electron chi connectivity index (χ2n) is 7.81. The molecule has 0 radical (unpaired) electrons. The van der Waals surface area contributed by atoms with Crippen LogP contribution in [0.5, 0.6) is 0 Å². The average Bonchev–Trinajstić information content (AvgIpc) is 2.97. The van der Waals surface area contributed by atoms with Gasteiger partial charge < -0.3 is 15.5 Å². The Morgan fingerprint density at radius 3 is 2.64 bits per heavy atom. The zero-order chi connectivity index (χ0) is 20.3. The van der Waals surface area contributed by atoms with Crippen LogP contribution < -0.4 is 5.32 Å². The van der Waals surface area contributed by atoms with Gasteiger partial charge >= 0.3 is 0 Å². The van der Waals surface area contributed by atoms with Gasteiger partial charge in [0, 0.05) is 42.9 Å². The topological polar surface area (TPSA) is 78.3 Å². The Balaban J connectivity index is 1.73. The number of halogens is 2. The van der Waals surface area contributed by atoms with Crippen LogP contribution in [0.2, 0.25) is 0 Å². The van der Waals surface area contributed by atoms with Gasteiger partial charge in [0.15, 0.2) is 11.6 Å². The van der Waals surface area contributed by atoms with Gasteiger partial charge in [-0.3, -0.25) is 0 Å². The maximum atomic E-state index is 13.4. The summed E-state index contributed by atoms with van der Waals surface area (Å²) in [5, 5.41) is 23.5. The van der Waals surface area contributed by atoms with E-state index >= 15 is 0 Å². The van der Waals surface area contributed by atoms with Gasteiger partial charge in [-0.2, -0.15) is 0 Å². The number of hydrogen-bond acceptors (Lipinski definition) is 5. The Morgan fingerprint density at radius 1 is 1.18 bits per heavy atom. The summed E-state index contributed by atoms with van der Waals surface area (Å²) < 4.78 is 26.5. The van der Waals surface area contributed by atoms with Crippen LogP contribution in [-0.4, -0.2) is 38.9 Å². The molecule has 7 heteroatoms. The van der Waals surface area contributed by atoms with E-state index in [-0.39, 0.29) is 30.4 Å². The summed E-state index contributed by atoms with van der Waals surface area (Å²) in [6.07, 6.45) is 2.20. The molecule has 4 atom stereocenters. The summed E-state index contributed by atoms with van der Waals surface area (Å²) in [5.41, 5.74) is 1.50. The number of aromatic nitrogens is 2. The minimum absolute atomic E-state index is 0.0276. The molecule has 3 rings (SSSR count). The molecule has 0 bridgehead atoms. The molecule has 5 nitrogen and oxygen atoms in total. The summed E-state index contributed by atoms with van der Waals surface area (Å²) in [6, 6.07) is 5.60. The second kappa shape index (κ2) is 9.03. The molecule has 1 saturated carbocycles. The summed E-state index contributed by atoms with van der Waals surface area (Å²) in [6.45, 7) is 4.30. The average molecular weight is 391 g/mol. The van der Waals surface area contributed by atoms with Crippen molar-refractivity contribution in [2.24, 2.45) is 11.8 Å². The Kier molecular flexibility index (Phi) is 6.69. The van der Waals surface area contributed by atoms with E-state index in [2.05, 4.69) is 15.3 Å². The SMILES string of the molecule is CC(C)c1nccc(C[C@@H]2[C@@H](CO)[C@H](O)C[C@H]2NCc2ccc(F)c(F)c2)n1. The molecule has 0 spiro atoms. The lowest BCUT2D eigenvalue weighted by molar-refractivity contribution is 0.0716. The van der Waals surface area contributed by atoms with Crippen LogP contribution in [0, 0.1) is 23.5 Å². The predicted molar refractivity (Wildman–Crippen MR) is 102 cm³/mol. The number of nitrogens with zero attached hydrogens (tertiary/aromatic N) is 2. The lowest BCUT2D eigenvalue weighted by Crippen LogP contribution is -2.36. The van der Waals surface area contributed by atoms with Crippen LogP contribution >= 0.6 is 0 Å². The fourth-order valence-electron chi connectivity index (χ4n) is 3.92. The first kappa shape index (κ1) is 20.8. The van der Waals surface area contributed by atoms with Gasteiger partial charge in [0.05, 0.1) is 6.10 Å². The summed E-state index contributed by atoms with van der Waals surface area (Å²) >= 11 is 0. The molecule has 152 valence electrons. The highest BCUT2D eigenvalue weighted by Crippen LogP contribution is 2.35. The number of hydrogen-bond donors (Lipinski definition) is 3. The lowest BCUT2D eigenvalue weighted by Gasteiger charge is -2.25. The summed E-state index contributed by atoms with van der Waals surface area (Å²) in [4.78, 5) is 8.90. The molecule has 1 heterocycles. The Labute approximate surface area is 163 Å². The molecule has 0 aliphatic heterocycles. The van der Waals surface area contributed by atoms with Crippen molar-refractivity contribution in [1.82, 2.24) is 15.3 Å². The molecular weight excluding hydrogens is 364 g/mol. The number of benzene rings is 1. The van der Waals surface area contributed by atoms with E-state index in [9.17, 15) is 19.0 Å². The van der Waals surface area contributed by atoms with Gasteiger partial charge in [0.25, 0.3) is 0 Å². The van der Waals surface area contributed by atoms with E-state index in [1.54, 1.807) is 6.20 Å². The Morgan fingerprint density at radius 2 is 1.96 bits per heavy atom. The van der Waals surface area contributed by atoms with Gasteiger partial charge in [-0.15, -0.1) is 0 Å². The second-order valence-corrected chi connectivity index (χ2v) is 7.81. The van der Waals surface area contributed by atoms with Crippen molar-refractivity contribution in [3.63, 3.8) is 0 Å². The van der Waals surface area contributed by atoms with E-state index < -0.39 is 17.7 Å². The van der Waals surface area contributed by atoms with Crippen molar-refractivity contribution >= 4 is 0 Å². The zero-order valence-corrected chi connectivity index (χ0v) is 16.1. The van der Waals surface area contributed by atoms with Crippen LogP contribution in [0.25, 0.3) is 0 Å². The van der Waals surface area contributed by atoms with Crippen molar-refractivity contribution in [2.45, 2.75) is 51.3 Å². The van der Waals surface area contributed by atoms with Gasteiger partial charge in [-0.1, -0.05) is 19.9 Å². The van der Waals surface area contributed by atoms with Crippen molar-refractivity contribution in [3.8, 4) is 0 Å². The minimum atomic E-state index is -0.877. The van der Waals surface area contributed by atoms with Gasteiger partial charge in [-0.05, 0) is 42.5 Å². The monoisotopic (exact) mass is 391 g/mol. The molecule has 1 aliphatic rings. The molecule has 1 aromatic heterocycles. The highest BCUT2D eigenvalue weighted by Gasteiger charge is 2.42. The molecule has 3 N–H and O–H groups in total. The van der Waals surface area contributed by atoms with Crippen molar-refractivity contribution < 1.29 is 19.0 Å². The van der Waals surface area contributed by atoms with E-state index in [4.69, 9.17) is 0 Å². The van der Waals surface area contributed by atoms with Crippen LogP contribution in [0.1, 0.15) is 43.3 Å². The molecule has 1 aromatic carbocycles. The fourth-order valence-corrected chi connectivity index (χ4v) is 3.92. The first-order chi connectivity index (χ1) is 13.4. The number of rotatable bonds is 7. The standard InChI is InChI=1S/C21H27F2N3O2/c1-12(2)21-24-6-5-14(26-21)8-15-16(11-27)20(28)9-19(15)25-10-13-3-4-17(22)18(23)7-13/h3-7,12,15-16,19-20,25,27-28H,8-11H2,1-2H3/t15-,16-,19-,20-/m1/s1.